The van der Waals surface area contributed by atoms with Gasteiger partial charge >= 0.3 is 5.97 Å². The molecule has 0 radical (unpaired) electrons. The topological polar surface area (TPSA) is 141 Å². The van der Waals surface area contributed by atoms with Gasteiger partial charge in [-0.3, -0.25) is 9.59 Å². The van der Waals surface area contributed by atoms with Gasteiger partial charge in [0.2, 0.25) is 0 Å². The highest BCUT2D eigenvalue weighted by atomic mass is 79.9. The van der Waals surface area contributed by atoms with E-state index in [1.54, 1.807) is 24.4 Å². The van der Waals surface area contributed by atoms with E-state index >= 15 is 0 Å². The Morgan fingerprint density at radius 3 is 2.62 bits per heavy atom. The number of carbonyl (C=O) groups is 3. The maximum absolute atomic E-state index is 12.8. The number of carboxylic acids is 1. The van der Waals surface area contributed by atoms with E-state index in [1.165, 1.54) is 41.7 Å². The Balaban J connectivity index is 1.42. The van der Waals surface area contributed by atoms with Gasteiger partial charge in [-0.05, 0) is 57.9 Å². The summed E-state index contributed by atoms with van der Waals surface area (Å²) in [5.41, 5.74) is 0.893. The van der Waals surface area contributed by atoms with E-state index in [4.69, 9.17) is 4.74 Å². The Bertz CT molecular complexity index is 1350. The zero-order valence-electron chi connectivity index (χ0n) is 19.4. The molecule has 12 heteroatoms. The van der Waals surface area contributed by atoms with Crippen molar-refractivity contribution in [2.24, 2.45) is 0 Å². The monoisotopic (exact) mass is 586 g/mol. The van der Waals surface area contributed by atoms with E-state index in [0.29, 0.717) is 41.2 Å². The lowest BCUT2D eigenvalue weighted by molar-refractivity contribution is -0.132. The Morgan fingerprint density at radius 1 is 1.14 bits per heavy atom. The van der Waals surface area contributed by atoms with E-state index < -0.39 is 11.9 Å². The number of aromatic nitrogens is 1. The molecule has 192 valence electrons. The summed E-state index contributed by atoms with van der Waals surface area (Å²) in [7, 11) is 0. The standard InChI is InChI=1S/C25H23BrN4O6S/c26-20-11-16(22(32)27-13-15-2-1-3-17(31)10-15)4-5-19(20)23(33)29-21(24(34)35)12-18-14-28-25(37-18)30-6-8-36-9-7-30/h1-5,10-12,14,31H,6-9,13H2,(H,27,32)(H,29,33)(H,34,35)/b21-12-. The van der Waals surface area contributed by atoms with Gasteiger partial charge < -0.3 is 30.5 Å². The van der Waals surface area contributed by atoms with E-state index in [9.17, 15) is 24.6 Å². The lowest BCUT2D eigenvalue weighted by Crippen LogP contribution is -2.36. The fourth-order valence-corrected chi connectivity index (χ4v) is 4.99. The van der Waals surface area contributed by atoms with Gasteiger partial charge in [-0.15, -0.1) is 0 Å². The molecule has 37 heavy (non-hydrogen) atoms. The van der Waals surface area contributed by atoms with Crippen LogP contribution in [0.25, 0.3) is 6.08 Å². The fourth-order valence-electron chi connectivity index (χ4n) is 3.52. The van der Waals surface area contributed by atoms with Crippen LogP contribution in [0.5, 0.6) is 5.75 Å². The number of phenols is 1. The molecule has 0 aliphatic carbocycles. The van der Waals surface area contributed by atoms with Gasteiger partial charge in [0.05, 0.1) is 23.7 Å². The van der Waals surface area contributed by atoms with Crippen LogP contribution < -0.4 is 15.5 Å². The molecule has 1 saturated heterocycles. The van der Waals surface area contributed by atoms with Crippen LogP contribution in [0.1, 0.15) is 31.2 Å². The molecular formula is C25H23BrN4O6S. The number of thiazole rings is 1. The molecule has 0 bridgehead atoms. The maximum Gasteiger partial charge on any atom is 0.352 e. The molecule has 10 nitrogen and oxygen atoms in total. The average molecular weight is 587 g/mol. The summed E-state index contributed by atoms with van der Waals surface area (Å²) in [6, 6.07) is 10.9. The van der Waals surface area contributed by atoms with Gasteiger partial charge in [-0.25, -0.2) is 9.78 Å². The van der Waals surface area contributed by atoms with Gasteiger partial charge in [0.1, 0.15) is 11.4 Å². The highest BCUT2D eigenvalue weighted by Crippen LogP contribution is 2.25. The number of hydrogen-bond donors (Lipinski definition) is 4. The first kappa shape index (κ1) is 26.3. The van der Waals surface area contributed by atoms with Gasteiger partial charge in [-0.2, -0.15) is 0 Å². The van der Waals surface area contributed by atoms with Crippen molar-refractivity contribution in [2.75, 3.05) is 31.2 Å². The largest absolute Gasteiger partial charge is 0.508 e. The van der Waals surface area contributed by atoms with Crippen LogP contribution in [0, 0.1) is 0 Å². The molecule has 1 aliphatic rings. The van der Waals surface area contributed by atoms with Crippen molar-refractivity contribution in [3.63, 3.8) is 0 Å². The minimum absolute atomic E-state index is 0.104. The molecule has 2 amide bonds. The lowest BCUT2D eigenvalue weighted by atomic mass is 10.1. The minimum atomic E-state index is -1.30. The second kappa shape index (κ2) is 12.0. The first-order valence-electron chi connectivity index (χ1n) is 11.2. The predicted octanol–water partition coefficient (Wildman–Crippen LogP) is 3.23. The van der Waals surface area contributed by atoms with Crippen molar-refractivity contribution in [2.45, 2.75) is 6.54 Å². The van der Waals surface area contributed by atoms with E-state index in [2.05, 4.69) is 36.4 Å². The van der Waals surface area contributed by atoms with Gasteiger partial charge in [0.15, 0.2) is 5.13 Å². The number of morpholine rings is 1. The molecule has 0 spiro atoms. The first-order chi connectivity index (χ1) is 17.8. The normalized spacial score (nSPS) is 13.8. The van der Waals surface area contributed by atoms with E-state index in [-0.39, 0.29) is 29.5 Å². The molecule has 2 heterocycles. The number of nitrogens with zero attached hydrogens (tertiary/aromatic N) is 2. The zero-order chi connectivity index (χ0) is 26.4. The van der Waals surface area contributed by atoms with Crippen molar-refractivity contribution in [3.05, 3.63) is 80.4 Å². The Morgan fingerprint density at radius 2 is 1.92 bits per heavy atom. The molecular weight excluding hydrogens is 564 g/mol. The second-order valence-corrected chi connectivity index (χ2v) is 9.90. The third kappa shape index (κ3) is 6.94. The van der Waals surface area contributed by atoms with Gasteiger partial charge in [0.25, 0.3) is 11.8 Å². The highest BCUT2D eigenvalue weighted by molar-refractivity contribution is 9.10. The zero-order valence-corrected chi connectivity index (χ0v) is 21.8. The van der Waals surface area contributed by atoms with E-state index in [0.717, 1.165) is 10.7 Å². The van der Waals surface area contributed by atoms with Crippen LogP contribution in [0.3, 0.4) is 0 Å². The van der Waals surface area contributed by atoms with Crippen molar-refractivity contribution in [1.82, 2.24) is 15.6 Å². The van der Waals surface area contributed by atoms with Crippen molar-refractivity contribution < 1.29 is 29.3 Å². The van der Waals surface area contributed by atoms with Crippen molar-refractivity contribution in [1.29, 1.82) is 0 Å². The number of hydrogen-bond acceptors (Lipinski definition) is 8. The van der Waals surface area contributed by atoms with Crippen LogP contribution in [0.2, 0.25) is 0 Å². The third-order valence-electron chi connectivity index (χ3n) is 5.40. The van der Waals surface area contributed by atoms with Crippen LogP contribution in [-0.4, -0.2) is 59.3 Å². The van der Waals surface area contributed by atoms with Crippen LogP contribution in [0.4, 0.5) is 5.13 Å². The van der Waals surface area contributed by atoms with Gasteiger partial charge in [0, 0.05) is 35.9 Å². The molecule has 0 unspecified atom stereocenters. The fraction of sp³-hybridized carbons (Fsp3) is 0.200. The third-order valence-corrected chi connectivity index (χ3v) is 7.06. The SMILES string of the molecule is O=C(O)/C(=C/c1cnc(N2CCOCC2)s1)NC(=O)c1ccc(C(=O)NCc2cccc(O)c2)cc1Br. The molecule has 1 aliphatic heterocycles. The number of amides is 2. The summed E-state index contributed by atoms with van der Waals surface area (Å²) in [4.78, 5) is 44.2. The second-order valence-electron chi connectivity index (χ2n) is 8.01. The summed E-state index contributed by atoms with van der Waals surface area (Å²) in [5, 5.41) is 25.1. The number of rotatable bonds is 8. The summed E-state index contributed by atoms with van der Waals surface area (Å²) in [5.74, 6) is -2.21. The number of anilines is 1. The quantitative estimate of drug-likeness (QED) is 0.295. The summed E-state index contributed by atoms with van der Waals surface area (Å²) < 4.78 is 5.66. The average Bonchev–Trinajstić information content (AvgIpc) is 3.36. The molecule has 1 fully saturated rings. The molecule has 4 N–H and O–H groups in total. The number of ether oxygens (including phenoxy) is 1. The van der Waals surface area contributed by atoms with Gasteiger partial charge in [-0.1, -0.05) is 23.5 Å². The smallest absolute Gasteiger partial charge is 0.352 e. The number of benzene rings is 2. The Kier molecular flexibility index (Phi) is 8.54. The molecule has 4 rings (SSSR count). The number of aliphatic carboxylic acids is 1. The Labute approximate surface area is 224 Å². The Hall–Kier alpha value is -3.74. The van der Waals surface area contributed by atoms with Crippen LogP contribution >= 0.6 is 27.3 Å². The van der Waals surface area contributed by atoms with Crippen molar-refractivity contribution >= 4 is 56.3 Å². The minimum Gasteiger partial charge on any atom is -0.508 e. The first-order valence-corrected chi connectivity index (χ1v) is 12.8. The molecule has 1 aromatic heterocycles. The number of phenolic OH excluding ortho intramolecular Hbond substituents is 1. The highest BCUT2D eigenvalue weighted by Gasteiger charge is 2.19. The molecule has 3 aromatic rings. The number of halogens is 1. The number of carboxylic acid groups (broad SMARTS) is 1. The molecule has 0 atom stereocenters. The summed E-state index contributed by atoms with van der Waals surface area (Å²) in [6.07, 6.45) is 2.92. The lowest BCUT2D eigenvalue weighted by Gasteiger charge is -2.25. The molecule has 2 aromatic carbocycles. The summed E-state index contributed by atoms with van der Waals surface area (Å²) >= 11 is 4.62. The number of nitrogens with one attached hydrogen (secondary N) is 2. The summed E-state index contributed by atoms with van der Waals surface area (Å²) in [6.45, 7) is 2.83. The van der Waals surface area contributed by atoms with Crippen molar-refractivity contribution in [3.8, 4) is 5.75 Å². The predicted molar refractivity (Wildman–Crippen MR) is 142 cm³/mol. The van der Waals surface area contributed by atoms with Crippen LogP contribution in [-0.2, 0) is 16.1 Å². The van der Waals surface area contributed by atoms with Crippen LogP contribution in [0.15, 0.2) is 58.8 Å². The number of carbonyl (C=O) groups excluding carboxylic acids is 2. The van der Waals surface area contributed by atoms with E-state index in [1.807, 2.05) is 0 Å². The molecule has 0 saturated carbocycles. The number of aromatic hydroxyl groups is 1. The maximum atomic E-state index is 12.8.